The number of rotatable bonds is 2. The molecule has 0 saturated heterocycles. The third kappa shape index (κ3) is 3.09. The quantitative estimate of drug-likeness (QED) is 0.523. The number of nitrogens with two attached hydrogens (primary N) is 1. The van der Waals surface area contributed by atoms with Gasteiger partial charge in [0, 0.05) is 0 Å². The summed E-state index contributed by atoms with van der Waals surface area (Å²) in [7, 11) is 0. The maximum atomic E-state index is 11.6. The number of anilines is 2. The number of amides is 2. The molecule has 0 aliphatic carbocycles. The van der Waals surface area contributed by atoms with Gasteiger partial charge in [0.2, 0.25) is 11.8 Å². The van der Waals surface area contributed by atoms with E-state index in [1.165, 1.54) is 2.88 Å². The molecule has 0 saturated carbocycles. The third-order valence-corrected chi connectivity index (χ3v) is 5.03. The van der Waals surface area contributed by atoms with Gasteiger partial charge in [0.25, 0.3) is 0 Å². The van der Waals surface area contributed by atoms with Crippen molar-refractivity contribution in [3.63, 3.8) is 0 Å². The maximum absolute atomic E-state index is 11.6. The summed E-state index contributed by atoms with van der Waals surface area (Å²) >= 11 is 3.90. The van der Waals surface area contributed by atoms with Crippen molar-refractivity contribution >= 4 is 57.1 Å². The van der Waals surface area contributed by atoms with Gasteiger partial charge in [-0.2, -0.15) is 0 Å². The van der Waals surface area contributed by atoms with Gasteiger partial charge < -0.3 is 16.4 Å². The van der Waals surface area contributed by atoms with Crippen LogP contribution in [0.1, 0.15) is 23.6 Å². The highest BCUT2D eigenvalue weighted by molar-refractivity contribution is 14.1. The third-order valence-electron chi connectivity index (χ3n) is 3.22. The Morgan fingerprint density at radius 2 is 1.81 bits per heavy atom. The van der Waals surface area contributed by atoms with Crippen molar-refractivity contribution in [2.75, 3.05) is 10.6 Å². The summed E-state index contributed by atoms with van der Waals surface area (Å²) < 4.78 is 1.17. The second-order valence-electron chi connectivity index (χ2n) is 4.74. The Bertz CT molecular complexity index is 729. The molecule has 7 heteroatoms. The summed E-state index contributed by atoms with van der Waals surface area (Å²) in [6, 6.07) is 7.23. The lowest BCUT2D eigenvalue weighted by Gasteiger charge is -2.14. The summed E-state index contributed by atoms with van der Waals surface area (Å²) in [6.07, 6.45) is -0.168. The Morgan fingerprint density at radius 1 is 1.10 bits per heavy atom. The molecule has 0 radical (unpaired) electrons. The molecule has 1 aromatic carbocycles. The topological polar surface area (TPSA) is 84.2 Å². The van der Waals surface area contributed by atoms with Crippen LogP contribution in [0.3, 0.4) is 0 Å². The molecular weight excluding hydrogens is 401 g/mol. The van der Waals surface area contributed by atoms with Crippen LogP contribution in [0.15, 0.2) is 29.6 Å². The van der Waals surface area contributed by atoms with Crippen molar-refractivity contribution in [3.05, 3.63) is 43.7 Å². The minimum absolute atomic E-state index is 0.168. The van der Waals surface area contributed by atoms with Gasteiger partial charge in [-0.3, -0.25) is 9.59 Å². The van der Waals surface area contributed by atoms with Gasteiger partial charge in [-0.15, -0.1) is 11.3 Å². The average Bonchev–Trinajstić information content (AvgIpc) is 2.79. The van der Waals surface area contributed by atoms with Gasteiger partial charge in [-0.1, -0.05) is 6.07 Å². The summed E-state index contributed by atoms with van der Waals surface area (Å²) in [5.74, 6) is -0.627. The van der Waals surface area contributed by atoms with Crippen LogP contribution in [0.25, 0.3) is 0 Å². The van der Waals surface area contributed by atoms with Crippen LogP contribution in [-0.2, 0) is 9.59 Å². The van der Waals surface area contributed by atoms with Crippen molar-refractivity contribution < 1.29 is 9.59 Å². The highest BCUT2D eigenvalue weighted by Gasteiger charge is 2.20. The largest absolute Gasteiger partial charge is 0.324 e. The number of carbonyl (C=O) groups is 2. The van der Waals surface area contributed by atoms with Crippen molar-refractivity contribution in [1.82, 2.24) is 0 Å². The number of carbonyl (C=O) groups excluding carboxylic acids is 2. The number of halogens is 1. The number of benzene rings is 1. The van der Waals surface area contributed by atoms with E-state index in [1.807, 2.05) is 23.6 Å². The molecule has 5 nitrogen and oxygen atoms in total. The predicted octanol–water partition coefficient (Wildman–Crippen LogP) is 2.68. The SMILES string of the molecule is NC(c1csc(I)c1)c1ccc2c(c1)NC(=O)CC(=O)N2. The summed E-state index contributed by atoms with van der Waals surface area (Å²) in [5.41, 5.74) is 9.38. The zero-order valence-corrected chi connectivity index (χ0v) is 13.8. The first-order valence-electron chi connectivity index (χ1n) is 6.26. The molecule has 1 aliphatic rings. The van der Waals surface area contributed by atoms with Crippen molar-refractivity contribution in [2.24, 2.45) is 5.73 Å². The first-order chi connectivity index (χ1) is 10.0. The lowest BCUT2D eigenvalue weighted by molar-refractivity contribution is -0.123. The Morgan fingerprint density at radius 3 is 2.48 bits per heavy atom. The highest BCUT2D eigenvalue weighted by Crippen LogP contribution is 2.31. The zero-order valence-electron chi connectivity index (χ0n) is 10.9. The van der Waals surface area contributed by atoms with Gasteiger partial charge in [0.1, 0.15) is 6.42 Å². The Balaban J connectivity index is 1.95. The van der Waals surface area contributed by atoms with Gasteiger partial charge in [0.05, 0.1) is 20.3 Å². The molecule has 1 aromatic heterocycles. The average molecular weight is 413 g/mol. The number of hydrogen-bond donors (Lipinski definition) is 3. The summed E-state index contributed by atoms with van der Waals surface area (Å²) in [5, 5.41) is 7.45. The lowest BCUT2D eigenvalue weighted by Crippen LogP contribution is -2.16. The molecule has 1 atom stereocenters. The Labute approximate surface area is 139 Å². The van der Waals surface area contributed by atoms with Crippen LogP contribution < -0.4 is 16.4 Å². The fourth-order valence-corrected chi connectivity index (χ4v) is 3.59. The van der Waals surface area contributed by atoms with Crippen LogP contribution in [0, 0.1) is 2.88 Å². The molecule has 4 N–H and O–H groups in total. The maximum Gasteiger partial charge on any atom is 0.233 e. The summed E-state index contributed by atoms with van der Waals surface area (Å²) in [4.78, 5) is 23.1. The van der Waals surface area contributed by atoms with Crippen molar-refractivity contribution in [2.45, 2.75) is 12.5 Å². The lowest BCUT2D eigenvalue weighted by atomic mass is 10.0. The van der Waals surface area contributed by atoms with Crippen molar-refractivity contribution in [3.8, 4) is 0 Å². The van der Waals surface area contributed by atoms with E-state index in [9.17, 15) is 9.59 Å². The molecular formula is C14H12IN3O2S. The molecule has 0 fully saturated rings. The van der Waals surface area contributed by atoms with E-state index in [2.05, 4.69) is 33.2 Å². The molecule has 0 bridgehead atoms. The highest BCUT2D eigenvalue weighted by atomic mass is 127. The first-order valence-corrected chi connectivity index (χ1v) is 8.22. The standard InChI is InChI=1S/C14H12IN3O2S/c15-11-4-8(6-21-11)14(16)7-1-2-9-10(3-7)18-13(20)5-12(19)17-9/h1-4,6,14H,5,16H2,(H,17,19)(H,18,20). The van der Waals surface area contributed by atoms with E-state index in [0.717, 1.165) is 11.1 Å². The van der Waals surface area contributed by atoms with Crippen LogP contribution in [0.4, 0.5) is 11.4 Å². The number of fused-ring (bicyclic) bond motifs is 1. The van der Waals surface area contributed by atoms with Gasteiger partial charge in [-0.25, -0.2) is 0 Å². The van der Waals surface area contributed by atoms with Gasteiger partial charge in [-0.05, 0) is 57.3 Å². The van der Waals surface area contributed by atoms with Crippen LogP contribution in [-0.4, -0.2) is 11.8 Å². The molecule has 2 amide bonds. The van der Waals surface area contributed by atoms with E-state index in [4.69, 9.17) is 5.73 Å². The fourth-order valence-electron chi connectivity index (χ4n) is 2.18. The molecule has 1 aliphatic heterocycles. The van der Waals surface area contributed by atoms with Gasteiger partial charge >= 0.3 is 0 Å². The minimum Gasteiger partial charge on any atom is -0.324 e. The normalized spacial score (nSPS) is 15.7. The molecule has 3 rings (SSSR count). The van der Waals surface area contributed by atoms with Crippen LogP contribution in [0.2, 0.25) is 0 Å². The van der Waals surface area contributed by atoms with E-state index in [1.54, 1.807) is 17.4 Å². The van der Waals surface area contributed by atoms with E-state index >= 15 is 0 Å². The Hall–Kier alpha value is -1.45. The molecule has 2 heterocycles. The molecule has 2 aromatic rings. The molecule has 108 valence electrons. The van der Waals surface area contributed by atoms with E-state index < -0.39 is 0 Å². The Kier molecular flexibility index (Phi) is 3.96. The van der Waals surface area contributed by atoms with Gasteiger partial charge in [0.15, 0.2) is 0 Å². The number of hydrogen-bond acceptors (Lipinski definition) is 4. The number of nitrogens with one attached hydrogen (secondary N) is 2. The van der Waals surface area contributed by atoms with Crippen molar-refractivity contribution in [1.29, 1.82) is 0 Å². The van der Waals surface area contributed by atoms with Crippen LogP contribution in [0.5, 0.6) is 0 Å². The fraction of sp³-hybridized carbons (Fsp3) is 0.143. The smallest absolute Gasteiger partial charge is 0.233 e. The number of thiophene rings is 1. The molecule has 21 heavy (non-hydrogen) atoms. The zero-order chi connectivity index (χ0) is 15.0. The monoisotopic (exact) mass is 413 g/mol. The minimum atomic E-state index is -0.318. The van der Waals surface area contributed by atoms with E-state index in [-0.39, 0.29) is 24.3 Å². The molecule has 1 unspecified atom stereocenters. The second-order valence-corrected chi connectivity index (χ2v) is 7.55. The summed E-state index contributed by atoms with van der Waals surface area (Å²) in [6.45, 7) is 0. The first kappa shape index (κ1) is 14.5. The second kappa shape index (κ2) is 5.74. The van der Waals surface area contributed by atoms with Crippen LogP contribution >= 0.6 is 33.9 Å². The predicted molar refractivity (Wildman–Crippen MR) is 91.4 cm³/mol. The molecule has 0 spiro atoms. The van der Waals surface area contributed by atoms with E-state index in [0.29, 0.717) is 11.4 Å².